The molecule has 19 heavy (non-hydrogen) atoms. The van der Waals surface area contributed by atoms with Crippen molar-refractivity contribution in [2.24, 2.45) is 0 Å². The van der Waals surface area contributed by atoms with Crippen molar-refractivity contribution in [2.75, 3.05) is 0 Å². The van der Waals surface area contributed by atoms with Gasteiger partial charge in [0.1, 0.15) is 0 Å². The molecule has 0 saturated carbocycles. The maximum Gasteiger partial charge on any atom is 0.253 e. The molecule has 1 aliphatic rings. The minimum Gasteiger partial charge on any atom is -0.349 e. The van der Waals surface area contributed by atoms with Crippen molar-refractivity contribution in [1.82, 2.24) is 15.5 Å². The lowest BCUT2D eigenvalue weighted by Gasteiger charge is -2.23. The number of halogens is 1. The minimum absolute atomic E-state index is 0.112. The third-order valence-electron chi connectivity index (χ3n) is 3.47. The fourth-order valence-electron chi connectivity index (χ4n) is 2.44. The van der Waals surface area contributed by atoms with Gasteiger partial charge in [0, 0.05) is 18.2 Å². The highest BCUT2D eigenvalue weighted by molar-refractivity contribution is 6.33. The van der Waals surface area contributed by atoms with Crippen molar-refractivity contribution in [3.63, 3.8) is 0 Å². The summed E-state index contributed by atoms with van der Waals surface area (Å²) in [6.45, 7) is 0. The molecule has 2 N–H and O–H groups in total. The molecule has 1 unspecified atom stereocenters. The molecule has 1 heterocycles. The van der Waals surface area contributed by atoms with E-state index in [0.717, 1.165) is 25.0 Å². The van der Waals surface area contributed by atoms with Crippen LogP contribution in [0.3, 0.4) is 0 Å². The fourth-order valence-corrected chi connectivity index (χ4v) is 2.66. The monoisotopic (exact) mass is 275 g/mol. The second-order valence-electron chi connectivity index (χ2n) is 4.77. The van der Waals surface area contributed by atoms with E-state index in [-0.39, 0.29) is 11.9 Å². The van der Waals surface area contributed by atoms with E-state index in [9.17, 15) is 4.79 Å². The molecule has 0 aliphatic heterocycles. The highest BCUT2D eigenvalue weighted by atomic mass is 35.5. The largest absolute Gasteiger partial charge is 0.349 e. The summed E-state index contributed by atoms with van der Waals surface area (Å²) in [6, 6.07) is 7.23. The Labute approximate surface area is 116 Å². The number of amides is 1. The number of hydrogen-bond donors (Lipinski definition) is 2. The number of aromatic amines is 1. The molecule has 1 atom stereocenters. The van der Waals surface area contributed by atoms with Gasteiger partial charge in [-0.1, -0.05) is 23.7 Å². The summed E-state index contributed by atoms with van der Waals surface area (Å²) in [7, 11) is 0. The average Bonchev–Trinajstić information content (AvgIpc) is 2.86. The standard InChI is InChI=1S/C14H14ClN3O/c15-12-4-2-1-3-11(12)14(19)17-10-6-5-9-8-16-18-13(9)7-10/h1-4,8,10H,5-7H2,(H,16,18)(H,17,19). The van der Waals surface area contributed by atoms with Gasteiger partial charge >= 0.3 is 0 Å². The van der Waals surface area contributed by atoms with Crippen LogP contribution in [0.5, 0.6) is 0 Å². The van der Waals surface area contributed by atoms with Crippen LogP contribution in [0.4, 0.5) is 0 Å². The van der Waals surface area contributed by atoms with E-state index < -0.39 is 0 Å². The molecule has 1 aromatic heterocycles. The van der Waals surface area contributed by atoms with Crippen molar-refractivity contribution in [3.05, 3.63) is 52.3 Å². The van der Waals surface area contributed by atoms with Crippen LogP contribution < -0.4 is 5.32 Å². The zero-order chi connectivity index (χ0) is 13.2. The second-order valence-corrected chi connectivity index (χ2v) is 5.17. The Morgan fingerprint density at radius 3 is 3.11 bits per heavy atom. The van der Waals surface area contributed by atoms with Gasteiger partial charge in [-0.3, -0.25) is 9.89 Å². The Morgan fingerprint density at radius 1 is 1.42 bits per heavy atom. The number of nitrogens with one attached hydrogen (secondary N) is 2. The van der Waals surface area contributed by atoms with Crippen molar-refractivity contribution in [1.29, 1.82) is 0 Å². The van der Waals surface area contributed by atoms with Crippen molar-refractivity contribution in [3.8, 4) is 0 Å². The Morgan fingerprint density at radius 2 is 2.26 bits per heavy atom. The first-order valence-corrected chi connectivity index (χ1v) is 6.68. The van der Waals surface area contributed by atoms with Gasteiger partial charge in [-0.2, -0.15) is 5.10 Å². The van der Waals surface area contributed by atoms with Crippen LogP contribution in [-0.4, -0.2) is 22.1 Å². The zero-order valence-electron chi connectivity index (χ0n) is 10.3. The number of carbonyl (C=O) groups is 1. The molecule has 3 rings (SSSR count). The Hall–Kier alpha value is -1.81. The fraction of sp³-hybridized carbons (Fsp3) is 0.286. The first kappa shape index (κ1) is 12.2. The maximum atomic E-state index is 12.2. The van der Waals surface area contributed by atoms with Gasteiger partial charge in [0.2, 0.25) is 0 Å². The van der Waals surface area contributed by atoms with Crippen LogP contribution in [0.15, 0.2) is 30.5 Å². The van der Waals surface area contributed by atoms with E-state index in [0.29, 0.717) is 10.6 Å². The van der Waals surface area contributed by atoms with Crippen LogP contribution >= 0.6 is 11.6 Å². The van der Waals surface area contributed by atoms with Crippen LogP contribution in [0, 0.1) is 0 Å². The summed E-state index contributed by atoms with van der Waals surface area (Å²) >= 11 is 6.02. The number of benzene rings is 1. The summed E-state index contributed by atoms with van der Waals surface area (Å²) in [4.78, 5) is 12.2. The molecule has 4 nitrogen and oxygen atoms in total. The number of aromatic nitrogens is 2. The molecule has 98 valence electrons. The molecule has 1 amide bonds. The summed E-state index contributed by atoms with van der Waals surface area (Å²) in [5, 5.41) is 10.5. The topological polar surface area (TPSA) is 57.8 Å². The van der Waals surface area contributed by atoms with Crippen LogP contribution in [0.2, 0.25) is 5.02 Å². The Balaban J connectivity index is 1.70. The average molecular weight is 276 g/mol. The van der Waals surface area contributed by atoms with Crippen LogP contribution in [-0.2, 0) is 12.8 Å². The molecular formula is C14H14ClN3O. The number of hydrogen-bond acceptors (Lipinski definition) is 2. The molecule has 1 aromatic carbocycles. The van der Waals surface area contributed by atoms with E-state index in [1.807, 2.05) is 18.3 Å². The van der Waals surface area contributed by atoms with E-state index in [1.54, 1.807) is 12.1 Å². The van der Waals surface area contributed by atoms with Gasteiger partial charge in [0.05, 0.1) is 16.8 Å². The highest BCUT2D eigenvalue weighted by Gasteiger charge is 2.22. The SMILES string of the molecule is O=C(NC1CCc2cn[nH]c2C1)c1ccccc1Cl. The first-order valence-electron chi connectivity index (χ1n) is 6.30. The highest BCUT2D eigenvalue weighted by Crippen LogP contribution is 2.20. The van der Waals surface area contributed by atoms with Gasteiger partial charge in [0.25, 0.3) is 5.91 Å². The summed E-state index contributed by atoms with van der Waals surface area (Å²) < 4.78 is 0. The third-order valence-corrected chi connectivity index (χ3v) is 3.80. The number of nitrogens with zero attached hydrogens (tertiary/aromatic N) is 1. The smallest absolute Gasteiger partial charge is 0.253 e. The lowest BCUT2D eigenvalue weighted by atomic mass is 9.93. The van der Waals surface area contributed by atoms with Gasteiger partial charge in [-0.15, -0.1) is 0 Å². The molecule has 0 radical (unpaired) electrons. The van der Waals surface area contributed by atoms with Crippen LogP contribution in [0.25, 0.3) is 0 Å². The second kappa shape index (κ2) is 5.05. The number of fused-ring (bicyclic) bond motifs is 1. The quantitative estimate of drug-likeness (QED) is 0.884. The molecule has 0 saturated heterocycles. The summed E-state index contributed by atoms with van der Waals surface area (Å²) in [6.07, 6.45) is 4.54. The van der Waals surface area contributed by atoms with Crippen molar-refractivity contribution >= 4 is 17.5 Å². The maximum absolute atomic E-state index is 12.2. The summed E-state index contributed by atoms with van der Waals surface area (Å²) in [5.41, 5.74) is 2.90. The number of rotatable bonds is 2. The molecule has 0 bridgehead atoms. The molecule has 0 fully saturated rings. The normalized spacial score (nSPS) is 17.8. The molecule has 5 heteroatoms. The van der Waals surface area contributed by atoms with Gasteiger partial charge in [0.15, 0.2) is 0 Å². The van der Waals surface area contributed by atoms with Crippen molar-refractivity contribution in [2.45, 2.75) is 25.3 Å². The van der Waals surface area contributed by atoms with E-state index >= 15 is 0 Å². The summed E-state index contributed by atoms with van der Waals surface area (Å²) in [5.74, 6) is -0.112. The predicted octanol–water partition coefficient (Wildman–Crippen LogP) is 2.35. The Bertz CT molecular complexity index is 608. The molecular weight excluding hydrogens is 262 g/mol. The molecule has 2 aromatic rings. The number of aryl methyl sites for hydroxylation is 1. The Kier molecular flexibility index (Phi) is 3.25. The van der Waals surface area contributed by atoms with Gasteiger partial charge in [-0.05, 0) is 30.5 Å². The lowest BCUT2D eigenvalue weighted by molar-refractivity contribution is 0.0933. The van der Waals surface area contributed by atoms with Crippen LogP contribution in [0.1, 0.15) is 28.0 Å². The van der Waals surface area contributed by atoms with Gasteiger partial charge in [-0.25, -0.2) is 0 Å². The molecule has 0 spiro atoms. The van der Waals surface area contributed by atoms with E-state index in [1.165, 1.54) is 5.56 Å². The van der Waals surface area contributed by atoms with Crippen molar-refractivity contribution < 1.29 is 4.79 Å². The zero-order valence-corrected chi connectivity index (χ0v) is 11.1. The lowest BCUT2D eigenvalue weighted by Crippen LogP contribution is -2.38. The first-order chi connectivity index (χ1) is 9.24. The van der Waals surface area contributed by atoms with Gasteiger partial charge < -0.3 is 5.32 Å². The third kappa shape index (κ3) is 2.49. The number of H-pyrrole nitrogens is 1. The molecule has 1 aliphatic carbocycles. The predicted molar refractivity (Wildman–Crippen MR) is 73.3 cm³/mol. The number of carbonyl (C=O) groups excluding carboxylic acids is 1. The van der Waals surface area contributed by atoms with E-state index in [2.05, 4.69) is 15.5 Å². The van der Waals surface area contributed by atoms with E-state index in [4.69, 9.17) is 11.6 Å². The minimum atomic E-state index is -0.112.